The quantitative estimate of drug-likeness (QED) is 0.811. The summed E-state index contributed by atoms with van der Waals surface area (Å²) in [5.74, 6) is -2.97. The molecule has 0 bridgehead atoms. The number of ether oxygens (including phenoxy) is 2. The lowest BCUT2D eigenvalue weighted by Gasteiger charge is -2.12. The second kappa shape index (κ2) is 4.48. The van der Waals surface area contributed by atoms with Crippen LogP contribution in [-0.4, -0.2) is 29.5 Å². The van der Waals surface area contributed by atoms with E-state index in [0.717, 1.165) is 13.2 Å². The van der Waals surface area contributed by atoms with E-state index in [9.17, 15) is 23.1 Å². The number of aromatic nitrogens is 1. The van der Waals surface area contributed by atoms with Crippen LogP contribution < -0.4 is 4.74 Å². The minimum absolute atomic E-state index is 0.0717. The number of methoxy groups -OCH3 is 1. The Kier molecular flexibility index (Phi) is 3.45. The molecule has 0 aliphatic heterocycles. The Morgan fingerprint density at radius 3 is 2.53 bits per heavy atom. The molecule has 0 saturated heterocycles. The largest absolute Gasteiger partial charge is 0.573 e. The Morgan fingerprint density at radius 2 is 2.06 bits per heavy atom. The van der Waals surface area contributed by atoms with Crippen molar-refractivity contribution in [3.63, 3.8) is 0 Å². The Morgan fingerprint density at radius 1 is 1.47 bits per heavy atom. The molecule has 0 aliphatic rings. The average Bonchev–Trinajstić information content (AvgIpc) is 2.19. The number of hydrogen-bond acceptors (Lipinski definition) is 5. The van der Waals surface area contributed by atoms with Gasteiger partial charge in [-0.2, -0.15) is 0 Å². The molecule has 0 atom stereocenters. The van der Waals surface area contributed by atoms with Crippen molar-refractivity contribution in [1.29, 1.82) is 0 Å². The van der Waals surface area contributed by atoms with Gasteiger partial charge in [-0.3, -0.25) is 0 Å². The van der Waals surface area contributed by atoms with Crippen LogP contribution in [0, 0.1) is 6.92 Å². The number of halogens is 3. The third-order valence-electron chi connectivity index (χ3n) is 1.69. The van der Waals surface area contributed by atoms with Crippen LogP contribution in [-0.2, 0) is 4.74 Å². The van der Waals surface area contributed by atoms with Crippen molar-refractivity contribution in [3.05, 3.63) is 17.5 Å². The van der Waals surface area contributed by atoms with E-state index >= 15 is 0 Å². The number of carbonyl (C=O) groups is 1. The number of alkyl halides is 3. The van der Waals surface area contributed by atoms with Gasteiger partial charge in [0.25, 0.3) is 0 Å². The number of nitrogens with zero attached hydrogens (tertiary/aromatic N) is 1. The topological polar surface area (TPSA) is 68.7 Å². The van der Waals surface area contributed by atoms with Crippen molar-refractivity contribution in [1.82, 2.24) is 4.98 Å². The average molecular weight is 251 g/mol. The zero-order chi connectivity index (χ0) is 13.2. The highest BCUT2D eigenvalue weighted by Gasteiger charge is 2.33. The Labute approximate surface area is 93.8 Å². The number of carbonyl (C=O) groups excluding carboxylic acids is 1. The highest BCUT2D eigenvalue weighted by atomic mass is 19.4. The third kappa shape index (κ3) is 3.23. The number of pyridine rings is 1. The fourth-order valence-electron chi connectivity index (χ4n) is 1.08. The predicted molar refractivity (Wildman–Crippen MR) is 48.7 cm³/mol. The first-order chi connectivity index (χ1) is 7.74. The molecule has 17 heavy (non-hydrogen) atoms. The third-order valence-corrected chi connectivity index (χ3v) is 1.69. The molecule has 1 aromatic heterocycles. The summed E-state index contributed by atoms with van der Waals surface area (Å²) in [7, 11) is 1.01. The number of rotatable bonds is 2. The molecule has 0 spiro atoms. The molecule has 0 amide bonds. The van der Waals surface area contributed by atoms with Crippen LogP contribution >= 0.6 is 0 Å². The monoisotopic (exact) mass is 251 g/mol. The number of aromatic hydroxyl groups is 1. The van der Waals surface area contributed by atoms with Gasteiger partial charge < -0.3 is 14.6 Å². The molecular formula is C9H8F3NO4. The van der Waals surface area contributed by atoms with Gasteiger partial charge in [0.05, 0.1) is 7.11 Å². The summed E-state index contributed by atoms with van der Waals surface area (Å²) in [6.45, 7) is 1.34. The van der Waals surface area contributed by atoms with Crippen LogP contribution in [0.25, 0.3) is 0 Å². The van der Waals surface area contributed by atoms with Gasteiger partial charge in [-0.1, -0.05) is 0 Å². The summed E-state index contributed by atoms with van der Waals surface area (Å²) in [4.78, 5) is 14.7. The summed E-state index contributed by atoms with van der Waals surface area (Å²) in [6.07, 6.45) is -4.97. The number of aryl methyl sites for hydroxylation is 1. The molecular weight excluding hydrogens is 243 g/mol. The second-order valence-electron chi connectivity index (χ2n) is 3.00. The van der Waals surface area contributed by atoms with E-state index < -0.39 is 29.5 Å². The number of esters is 1. The molecule has 1 rings (SSSR count). The zero-order valence-corrected chi connectivity index (χ0v) is 8.83. The molecule has 0 fully saturated rings. The van der Waals surface area contributed by atoms with E-state index in [2.05, 4.69) is 14.5 Å². The highest BCUT2D eigenvalue weighted by molar-refractivity contribution is 5.91. The zero-order valence-electron chi connectivity index (χ0n) is 8.83. The minimum atomic E-state index is -4.97. The Balaban J connectivity index is 3.24. The molecule has 1 N–H and O–H groups in total. The lowest BCUT2D eigenvalue weighted by molar-refractivity contribution is -0.275. The van der Waals surface area contributed by atoms with Gasteiger partial charge in [-0.05, 0) is 6.92 Å². The molecule has 1 heterocycles. The van der Waals surface area contributed by atoms with E-state index in [4.69, 9.17) is 0 Å². The van der Waals surface area contributed by atoms with E-state index in [1.54, 1.807) is 0 Å². The van der Waals surface area contributed by atoms with Gasteiger partial charge in [-0.15, -0.1) is 13.2 Å². The minimum Gasteiger partial charge on any atom is -0.503 e. The Bertz CT molecular complexity index is 445. The van der Waals surface area contributed by atoms with Gasteiger partial charge in [-0.25, -0.2) is 9.78 Å². The van der Waals surface area contributed by atoms with Crippen molar-refractivity contribution in [2.75, 3.05) is 7.11 Å². The van der Waals surface area contributed by atoms with Crippen LogP contribution in [0.1, 0.15) is 16.2 Å². The molecule has 0 aliphatic carbocycles. The normalized spacial score (nSPS) is 11.1. The molecule has 8 heteroatoms. The molecule has 1 aromatic rings. The lowest BCUT2D eigenvalue weighted by Crippen LogP contribution is -2.18. The molecule has 5 nitrogen and oxygen atoms in total. The van der Waals surface area contributed by atoms with Crippen molar-refractivity contribution < 1.29 is 32.5 Å². The molecule has 0 saturated carbocycles. The first-order valence-electron chi connectivity index (χ1n) is 4.29. The smallest absolute Gasteiger partial charge is 0.503 e. The van der Waals surface area contributed by atoms with Gasteiger partial charge in [0.1, 0.15) is 0 Å². The summed E-state index contributed by atoms with van der Waals surface area (Å²) >= 11 is 0. The Hall–Kier alpha value is -1.99. The van der Waals surface area contributed by atoms with Crippen LogP contribution in [0.4, 0.5) is 13.2 Å². The summed E-state index contributed by atoms with van der Waals surface area (Å²) in [6, 6.07) is 0.856. The SMILES string of the molecule is COC(=O)c1nc(C)cc(OC(F)(F)F)c1O. The van der Waals surface area contributed by atoms with Gasteiger partial charge in [0.15, 0.2) is 17.2 Å². The van der Waals surface area contributed by atoms with Crippen LogP contribution in [0.2, 0.25) is 0 Å². The molecule has 0 aromatic carbocycles. The second-order valence-corrected chi connectivity index (χ2v) is 3.00. The summed E-state index contributed by atoms with van der Waals surface area (Å²) in [5.41, 5.74) is -0.561. The molecule has 0 unspecified atom stereocenters. The fraction of sp³-hybridized carbons (Fsp3) is 0.333. The predicted octanol–water partition coefficient (Wildman–Crippen LogP) is 1.78. The first-order valence-corrected chi connectivity index (χ1v) is 4.29. The van der Waals surface area contributed by atoms with E-state index in [1.165, 1.54) is 6.92 Å². The molecule has 94 valence electrons. The standard InChI is InChI=1S/C9H8F3NO4/c1-4-3-5(17-9(10,11)12)7(14)6(13-4)8(15)16-2/h3,14H,1-2H3. The van der Waals surface area contributed by atoms with Gasteiger partial charge in [0, 0.05) is 11.8 Å². The van der Waals surface area contributed by atoms with Crippen LogP contribution in [0.15, 0.2) is 6.07 Å². The maximum absolute atomic E-state index is 12.0. The first kappa shape index (κ1) is 13.1. The fourth-order valence-corrected chi connectivity index (χ4v) is 1.08. The van der Waals surface area contributed by atoms with Crippen molar-refractivity contribution in [2.45, 2.75) is 13.3 Å². The maximum atomic E-state index is 12.0. The van der Waals surface area contributed by atoms with E-state index in [0.29, 0.717) is 0 Å². The van der Waals surface area contributed by atoms with Gasteiger partial charge in [0.2, 0.25) is 0 Å². The lowest BCUT2D eigenvalue weighted by atomic mass is 10.2. The van der Waals surface area contributed by atoms with Gasteiger partial charge >= 0.3 is 12.3 Å². The van der Waals surface area contributed by atoms with Crippen LogP contribution in [0.3, 0.4) is 0 Å². The van der Waals surface area contributed by atoms with Crippen LogP contribution in [0.5, 0.6) is 11.5 Å². The van der Waals surface area contributed by atoms with Crippen molar-refractivity contribution in [2.24, 2.45) is 0 Å². The maximum Gasteiger partial charge on any atom is 0.573 e. The van der Waals surface area contributed by atoms with E-state index in [1.807, 2.05) is 0 Å². The van der Waals surface area contributed by atoms with Crippen molar-refractivity contribution >= 4 is 5.97 Å². The number of hydrogen-bond donors (Lipinski definition) is 1. The van der Waals surface area contributed by atoms with Crippen molar-refractivity contribution in [3.8, 4) is 11.5 Å². The summed E-state index contributed by atoms with van der Waals surface area (Å²) < 4.78 is 43.8. The highest BCUT2D eigenvalue weighted by Crippen LogP contribution is 2.34. The molecule has 0 radical (unpaired) electrons. The summed E-state index contributed by atoms with van der Waals surface area (Å²) in [5, 5.41) is 9.39. The van der Waals surface area contributed by atoms with E-state index in [-0.39, 0.29) is 5.69 Å².